The van der Waals surface area contributed by atoms with Gasteiger partial charge in [-0.2, -0.15) is 0 Å². The number of nitrogens with zero attached hydrogens (tertiary/aromatic N) is 2. The van der Waals surface area contributed by atoms with Crippen LogP contribution in [0.4, 0.5) is 22.7 Å². The quantitative estimate of drug-likeness (QED) is 0.145. The Labute approximate surface area is 334 Å². The molecule has 4 saturated carbocycles. The summed E-state index contributed by atoms with van der Waals surface area (Å²) in [6.07, 6.45) is 12.2. The van der Waals surface area contributed by atoms with Crippen LogP contribution in [0.5, 0.6) is 11.5 Å². The summed E-state index contributed by atoms with van der Waals surface area (Å²) < 4.78 is 6.80. The predicted molar refractivity (Wildman–Crippen MR) is 229 cm³/mol. The normalized spacial score (nSPS) is 29.9. The maximum absolute atomic E-state index is 6.80. The van der Waals surface area contributed by atoms with Crippen LogP contribution < -0.4 is 25.5 Å². The van der Waals surface area contributed by atoms with Gasteiger partial charge in [-0.15, -0.1) is 0 Å². The minimum Gasteiger partial charge on any atom is -0.457 e. The molecule has 0 saturated heterocycles. The standard InChI is InChI=1S/C53H41BN2O/c1-6-19-43-35(12-1)52(33-27-31-26-32(29-33)30-34(52)28-31)39-16-11-18-42-50(39)56(43)46-25-24-40-51-49(46)54(42)41-17-5-8-21-45(41)55(51)44-20-7-2-13-36(44)53(40)37-14-3-9-22-47(37)57-48-23-10-4-15-38(48)53/h1-25,31-34,49,51H,26-30H2. The molecule has 2 atom stereocenters. The zero-order chi connectivity index (χ0) is 36.8. The summed E-state index contributed by atoms with van der Waals surface area (Å²) in [6, 6.07) is 53.8. The number of para-hydroxylation sites is 6. The Kier molecular flexibility index (Phi) is 5.45. The highest BCUT2D eigenvalue weighted by molar-refractivity contribution is 6.90. The highest BCUT2D eigenvalue weighted by atomic mass is 16.5. The molecule has 6 aromatic carbocycles. The van der Waals surface area contributed by atoms with E-state index in [2.05, 4.69) is 161 Å². The van der Waals surface area contributed by atoms with Crippen molar-refractivity contribution < 1.29 is 4.74 Å². The van der Waals surface area contributed by atoms with Crippen LogP contribution in [0, 0.1) is 23.7 Å². The van der Waals surface area contributed by atoms with Gasteiger partial charge in [0, 0.05) is 50.8 Å². The Bertz CT molecular complexity index is 2790. The molecule has 0 aromatic heterocycles. The molecule has 5 aliphatic carbocycles. The fourth-order valence-corrected chi connectivity index (χ4v) is 15.4. The van der Waals surface area contributed by atoms with E-state index < -0.39 is 5.41 Å². The second-order valence-electron chi connectivity index (χ2n) is 18.7. The Morgan fingerprint density at radius 3 is 1.82 bits per heavy atom. The maximum atomic E-state index is 6.80. The molecule has 10 aliphatic rings. The van der Waals surface area contributed by atoms with Gasteiger partial charge in [0.1, 0.15) is 11.5 Å². The van der Waals surface area contributed by atoms with Crippen LogP contribution in [0.15, 0.2) is 163 Å². The SMILES string of the molecule is C1=C2C3B(c4ccccc4N4c5ccccc5C5(C(=C1)C34)c1ccccc1Oc1ccccc15)c1cccc3c1N2c1ccccc1C31C2CC3CC(C2)CC1C3. The fourth-order valence-electron chi connectivity index (χ4n) is 15.4. The first-order valence-electron chi connectivity index (χ1n) is 21.6. The molecule has 4 fully saturated rings. The van der Waals surface area contributed by atoms with Gasteiger partial charge in [-0.05, 0) is 120 Å². The van der Waals surface area contributed by atoms with Crippen molar-refractivity contribution in [2.24, 2.45) is 23.7 Å². The summed E-state index contributed by atoms with van der Waals surface area (Å²) in [5.41, 5.74) is 18.0. The predicted octanol–water partition coefficient (Wildman–Crippen LogP) is 10.7. The average Bonchev–Trinajstić information content (AvgIpc) is 3.26. The lowest BCUT2D eigenvalue weighted by Gasteiger charge is -2.66. The minimum atomic E-state index is -0.519. The molecule has 0 amide bonds. The Hall–Kier alpha value is -5.74. The molecule has 57 heavy (non-hydrogen) atoms. The monoisotopic (exact) mass is 732 g/mol. The van der Waals surface area contributed by atoms with E-state index in [4.69, 9.17) is 4.74 Å². The molecule has 4 bridgehead atoms. The lowest BCUT2D eigenvalue weighted by Crippen LogP contribution is -2.68. The van der Waals surface area contributed by atoms with E-state index in [1.54, 1.807) is 11.1 Å². The van der Waals surface area contributed by atoms with Crippen LogP contribution in [0.2, 0.25) is 5.82 Å². The van der Waals surface area contributed by atoms with Crippen molar-refractivity contribution >= 4 is 40.4 Å². The van der Waals surface area contributed by atoms with Crippen LogP contribution >= 0.6 is 0 Å². The molecule has 5 heterocycles. The zero-order valence-electron chi connectivity index (χ0n) is 31.8. The van der Waals surface area contributed by atoms with Crippen LogP contribution in [0.25, 0.3) is 0 Å². The topological polar surface area (TPSA) is 15.7 Å². The second-order valence-corrected chi connectivity index (χ2v) is 18.7. The largest absolute Gasteiger partial charge is 0.457 e. The van der Waals surface area contributed by atoms with E-state index >= 15 is 0 Å². The number of hydrogen-bond acceptors (Lipinski definition) is 3. The molecule has 0 N–H and O–H groups in total. The van der Waals surface area contributed by atoms with Crippen molar-refractivity contribution in [3.8, 4) is 11.5 Å². The first-order valence-corrected chi connectivity index (χ1v) is 21.6. The van der Waals surface area contributed by atoms with Gasteiger partial charge >= 0.3 is 0 Å². The maximum Gasteiger partial charge on any atom is 0.226 e. The Morgan fingerprint density at radius 2 is 1.09 bits per heavy atom. The number of hydrogen-bond donors (Lipinski definition) is 0. The summed E-state index contributed by atoms with van der Waals surface area (Å²) >= 11 is 0. The molecule has 2 spiro atoms. The lowest BCUT2D eigenvalue weighted by atomic mass is 9.26. The third-order valence-electron chi connectivity index (χ3n) is 16.8. The molecule has 2 unspecified atom stereocenters. The van der Waals surface area contributed by atoms with E-state index in [0.29, 0.717) is 11.8 Å². The summed E-state index contributed by atoms with van der Waals surface area (Å²) in [4.78, 5) is 5.54. The lowest BCUT2D eigenvalue weighted by molar-refractivity contribution is -0.0419. The van der Waals surface area contributed by atoms with Crippen molar-refractivity contribution in [2.45, 2.75) is 54.8 Å². The Morgan fingerprint density at radius 1 is 0.509 bits per heavy atom. The van der Waals surface area contributed by atoms with Crippen LogP contribution in [0.1, 0.15) is 59.9 Å². The molecule has 0 radical (unpaired) electrons. The van der Waals surface area contributed by atoms with Gasteiger partial charge in [-0.1, -0.05) is 121 Å². The van der Waals surface area contributed by atoms with Gasteiger partial charge in [0.2, 0.25) is 6.71 Å². The molecule has 4 heteroatoms. The number of rotatable bonds is 0. The van der Waals surface area contributed by atoms with Gasteiger partial charge in [-0.3, -0.25) is 0 Å². The van der Waals surface area contributed by atoms with Gasteiger partial charge in [-0.25, -0.2) is 0 Å². The molecule has 3 nitrogen and oxygen atoms in total. The van der Waals surface area contributed by atoms with Crippen molar-refractivity contribution in [1.82, 2.24) is 0 Å². The highest BCUT2D eigenvalue weighted by Crippen LogP contribution is 2.71. The van der Waals surface area contributed by atoms with E-state index in [0.717, 1.165) is 23.3 Å². The summed E-state index contributed by atoms with van der Waals surface area (Å²) in [7, 11) is 0. The number of fused-ring (bicyclic) bond motifs is 15. The number of benzene rings is 6. The van der Waals surface area contributed by atoms with E-state index in [-0.39, 0.29) is 24.0 Å². The summed E-state index contributed by atoms with van der Waals surface area (Å²) in [6.45, 7) is 0.218. The first-order chi connectivity index (χ1) is 28.3. The molecule has 272 valence electrons. The van der Waals surface area contributed by atoms with Crippen LogP contribution in [0.3, 0.4) is 0 Å². The second kappa shape index (κ2) is 10.2. The van der Waals surface area contributed by atoms with Crippen LogP contribution in [-0.2, 0) is 10.8 Å². The van der Waals surface area contributed by atoms with Gasteiger partial charge in [0.25, 0.3) is 0 Å². The highest BCUT2D eigenvalue weighted by Gasteiger charge is 2.66. The van der Waals surface area contributed by atoms with E-state index in [9.17, 15) is 0 Å². The van der Waals surface area contributed by atoms with Crippen molar-refractivity contribution in [1.29, 1.82) is 0 Å². The van der Waals surface area contributed by atoms with Gasteiger partial charge in [0.15, 0.2) is 0 Å². The molecule has 5 aliphatic heterocycles. The molecular weight excluding hydrogens is 691 g/mol. The van der Waals surface area contributed by atoms with Gasteiger partial charge < -0.3 is 14.5 Å². The molecular formula is C53H41BN2O. The van der Waals surface area contributed by atoms with Crippen molar-refractivity contribution in [3.63, 3.8) is 0 Å². The van der Waals surface area contributed by atoms with Crippen molar-refractivity contribution in [3.05, 3.63) is 191 Å². The fraction of sp³-hybridized carbons (Fsp3) is 0.245. The average molecular weight is 733 g/mol. The third kappa shape index (κ3) is 3.30. The zero-order valence-corrected chi connectivity index (χ0v) is 31.8. The number of anilines is 4. The minimum absolute atomic E-state index is 0.0818. The summed E-state index contributed by atoms with van der Waals surface area (Å²) in [5.74, 6) is 5.34. The van der Waals surface area contributed by atoms with Crippen LogP contribution in [-0.4, -0.2) is 12.8 Å². The Balaban J connectivity index is 1.08. The molecule has 16 rings (SSSR count). The van der Waals surface area contributed by atoms with Gasteiger partial charge in [0.05, 0.1) is 11.5 Å². The van der Waals surface area contributed by atoms with E-state index in [1.807, 2.05) is 0 Å². The first kappa shape index (κ1) is 30.4. The third-order valence-corrected chi connectivity index (χ3v) is 16.8. The summed E-state index contributed by atoms with van der Waals surface area (Å²) in [5, 5.41) is 0. The van der Waals surface area contributed by atoms with E-state index in [1.165, 1.54) is 93.7 Å². The number of allylic oxidation sites excluding steroid dienone is 2. The smallest absolute Gasteiger partial charge is 0.226 e. The number of ether oxygens (including phenoxy) is 1. The van der Waals surface area contributed by atoms with Crippen molar-refractivity contribution in [2.75, 3.05) is 9.80 Å². The molecule has 6 aromatic rings.